The molecule has 0 unspecified atom stereocenters. The molecule has 0 bridgehead atoms. The van der Waals surface area contributed by atoms with Crippen molar-refractivity contribution in [1.29, 1.82) is 0 Å². The van der Waals surface area contributed by atoms with E-state index in [1.807, 2.05) is 54.2 Å². The second-order valence-electron chi connectivity index (χ2n) is 6.90. The van der Waals surface area contributed by atoms with Gasteiger partial charge < -0.3 is 0 Å². The number of aromatic nitrogens is 2. The molecule has 0 amide bonds. The van der Waals surface area contributed by atoms with Gasteiger partial charge in [0.05, 0.1) is 15.7 Å². The Labute approximate surface area is 205 Å². The van der Waals surface area contributed by atoms with Gasteiger partial charge in [0.15, 0.2) is 0 Å². The predicted octanol–water partition coefficient (Wildman–Crippen LogP) is 8.63. The van der Waals surface area contributed by atoms with E-state index >= 15 is 0 Å². The minimum absolute atomic E-state index is 0.639. The third kappa shape index (κ3) is 5.63. The van der Waals surface area contributed by atoms with Crippen LogP contribution in [0.4, 0.5) is 0 Å². The Morgan fingerprint density at radius 2 is 1.52 bits per heavy atom. The van der Waals surface area contributed by atoms with Crippen molar-refractivity contribution in [2.75, 3.05) is 0 Å². The van der Waals surface area contributed by atoms with Gasteiger partial charge in [-0.25, -0.2) is 0 Å². The largest absolute Gasteiger partial charge is 0.261 e. The van der Waals surface area contributed by atoms with Crippen molar-refractivity contribution in [3.63, 3.8) is 0 Å². The molecule has 2 nitrogen and oxygen atoms in total. The molecule has 0 N–H and O–H groups in total. The molecule has 4 aromatic rings. The van der Waals surface area contributed by atoms with Crippen molar-refractivity contribution in [1.82, 2.24) is 9.78 Å². The average molecular weight is 506 g/mol. The fraction of sp³-hybridized carbons (Fsp3) is 0.125. The van der Waals surface area contributed by atoms with Gasteiger partial charge in [-0.1, -0.05) is 77.3 Å². The van der Waals surface area contributed by atoms with E-state index < -0.39 is 0 Å². The zero-order valence-corrected chi connectivity index (χ0v) is 20.6. The Hall–Kier alpha value is -1.56. The molecule has 1 heterocycles. The number of aryl methyl sites for hydroxylation is 1. The summed E-state index contributed by atoms with van der Waals surface area (Å²) in [6.07, 6.45) is 0. The fourth-order valence-electron chi connectivity index (χ4n) is 3.17. The predicted molar refractivity (Wildman–Crippen MR) is 136 cm³/mol. The van der Waals surface area contributed by atoms with E-state index in [0.717, 1.165) is 37.7 Å². The van der Waals surface area contributed by atoms with Crippen LogP contribution in [0.3, 0.4) is 0 Å². The molecule has 0 radical (unpaired) electrons. The SMILES string of the molecule is Cn1nc(-c2ccccc2)c(CSc2ccc(Cl)cc2Cl)c1SCc1ccc(Cl)cc1. The highest BCUT2D eigenvalue weighted by Crippen LogP contribution is 2.39. The van der Waals surface area contributed by atoms with Gasteiger partial charge in [-0.3, -0.25) is 4.68 Å². The first-order chi connectivity index (χ1) is 15.0. The molecule has 0 saturated heterocycles. The maximum atomic E-state index is 6.41. The molecule has 0 aliphatic rings. The summed E-state index contributed by atoms with van der Waals surface area (Å²) in [5.74, 6) is 1.59. The van der Waals surface area contributed by atoms with E-state index in [4.69, 9.17) is 39.9 Å². The van der Waals surface area contributed by atoms with Crippen molar-refractivity contribution < 1.29 is 0 Å². The molecular weight excluding hydrogens is 487 g/mol. The lowest BCUT2D eigenvalue weighted by molar-refractivity contribution is 0.697. The molecule has 0 aliphatic carbocycles. The number of halogens is 3. The van der Waals surface area contributed by atoms with E-state index in [2.05, 4.69) is 24.3 Å². The number of nitrogens with zero attached hydrogens (tertiary/aromatic N) is 2. The molecule has 0 aliphatic heterocycles. The summed E-state index contributed by atoms with van der Waals surface area (Å²) >= 11 is 22.0. The standard InChI is InChI=1S/C24H19Cl3N2S2/c1-29-24(31-14-16-7-9-18(25)10-8-16)20(23(28-29)17-5-3-2-4-6-17)15-30-22-12-11-19(26)13-21(22)27/h2-13H,14-15H2,1H3. The Kier molecular flexibility index (Phi) is 7.57. The summed E-state index contributed by atoms with van der Waals surface area (Å²) in [5.41, 5.74) is 4.52. The first kappa shape index (κ1) is 22.6. The van der Waals surface area contributed by atoms with Gasteiger partial charge in [-0.05, 0) is 35.9 Å². The number of benzene rings is 3. The first-order valence-corrected chi connectivity index (χ1v) is 12.7. The highest BCUT2D eigenvalue weighted by Gasteiger charge is 2.19. The molecule has 1 aromatic heterocycles. The molecule has 7 heteroatoms. The lowest BCUT2D eigenvalue weighted by Gasteiger charge is -2.09. The second-order valence-corrected chi connectivity index (χ2v) is 10.2. The Bertz CT molecular complexity index is 1180. The van der Waals surface area contributed by atoms with Crippen LogP contribution in [0, 0.1) is 0 Å². The van der Waals surface area contributed by atoms with Crippen molar-refractivity contribution in [3.8, 4) is 11.3 Å². The monoisotopic (exact) mass is 504 g/mol. The van der Waals surface area contributed by atoms with Gasteiger partial charge in [0.25, 0.3) is 0 Å². The van der Waals surface area contributed by atoms with Crippen molar-refractivity contribution in [2.24, 2.45) is 7.05 Å². The zero-order valence-electron chi connectivity index (χ0n) is 16.7. The Morgan fingerprint density at radius 1 is 0.806 bits per heavy atom. The highest BCUT2D eigenvalue weighted by atomic mass is 35.5. The molecule has 4 rings (SSSR count). The fourth-order valence-corrected chi connectivity index (χ4v) is 5.96. The Balaban J connectivity index is 1.64. The summed E-state index contributed by atoms with van der Waals surface area (Å²) in [5, 5.41) is 8.06. The summed E-state index contributed by atoms with van der Waals surface area (Å²) < 4.78 is 1.97. The second kappa shape index (κ2) is 10.4. The van der Waals surface area contributed by atoms with Crippen molar-refractivity contribution in [2.45, 2.75) is 21.4 Å². The zero-order chi connectivity index (χ0) is 21.8. The average Bonchev–Trinajstić information content (AvgIpc) is 3.08. The van der Waals surface area contributed by atoms with Gasteiger partial charge in [0.2, 0.25) is 0 Å². The molecule has 0 saturated carbocycles. The smallest absolute Gasteiger partial charge is 0.0987 e. The third-order valence-electron chi connectivity index (χ3n) is 4.69. The van der Waals surface area contributed by atoms with E-state index in [9.17, 15) is 0 Å². The van der Waals surface area contributed by atoms with Crippen LogP contribution in [-0.4, -0.2) is 9.78 Å². The summed E-state index contributed by atoms with van der Waals surface area (Å²) in [6, 6.07) is 23.9. The van der Waals surface area contributed by atoms with E-state index in [1.165, 1.54) is 11.1 Å². The van der Waals surface area contributed by atoms with E-state index in [1.54, 1.807) is 29.6 Å². The number of hydrogen-bond donors (Lipinski definition) is 0. The molecule has 0 spiro atoms. The Morgan fingerprint density at radius 3 is 2.23 bits per heavy atom. The maximum Gasteiger partial charge on any atom is 0.0987 e. The molecule has 0 fully saturated rings. The van der Waals surface area contributed by atoms with Crippen LogP contribution >= 0.6 is 58.3 Å². The number of rotatable bonds is 7. The summed E-state index contributed by atoms with van der Waals surface area (Å²) in [4.78, 5) is 1.00. The molecular formula is C24H19Cl3N2S2. The number of thioether (sulfide) groups is 2. The lowest BCUT2D eigenvalue weighted by atomic mass is 10.1. The van der Waals surface area contributed by atoms with E-state index in [-0.39, 0.29) is 0 Å². The minimum Gasteiger partial charge on any atom is -0.261 e. The molecule has 3 aromatic carbocycles. The normalized spacial score (nSPS) is 11.1. The van der Waals surface area contributed by atoms with Crippen LogP contribution in [0.2, 0.25) is 15.1 Å². The number of hydrogen-bond acceptors (Lipinski definition) is 3. The minimum atomic E-state index is 0.639. The van der Waals surface area contributed by atoms with Gasteiger partial charge in [-0.15, -0.1) is 23.5 Å². The van der Waals surface area contributed by atoms with Gasteiger partial charge in [-0.2, -0.15) is 5.10 Å². The van der Waals surface area contributed by atoms with Crippen LogP contribution in [0.5, 0.6) is 0 Å². The van der Waals surface area contributed by atoms with Crippen LogP contribution in [-0.2, 0) is 18.6 Å². The lowest BCUT2D eigenvalue weighted by Crippen LogP contribution is -1.94. The topological polar surface area (TPSA) is 17.8 Å². The van der Waals surface area contributed by atoms with Gasteiger partial charge in [0.1, 0.15) is 0 Å². The quantitative estimate of drug-likeness (QED) is 0.234. The highest BCUT2D eigenvalue weighted by molar-refractivity contribution is 7.99. The third-order valence-corrected chi connectivity index (χ3v) is 7.96. The maximum absolute atomic E-state index is 6.41. The van der Waals surface area contributed by atoms with Gasteiger partial charge in [0, 0.05) is 44.6 Å². The molecule has 0 atom stereocenters. The van der Waals surface area contributed by atoms with Crippen LogP contribution in [0.1, 0.15) is 11.1 Å². The summed E-state index contributed by atoms with van der Waals surface area (Å²) in [7, 11) is 2.00. The summed E-state index contributed by atoms with van der Waals surface area (Å²) in [6.45, 7) is 0. The molecule has 31 heavy (non-hydrogen) atoms. The van der Waals surface area contributed by atoms with Crippen LogP contribution in [0.25, 0.3) is 11.3 Å². The van der Waals surface area contributed by atoms with E-state index in [0.29, 0.717) is 10.0 Å². The van der Waals surface area contributed by atoms with Crippen molar-refractivity contribution in [3.05, 3.63) is 99.0 Å². The van der Waals surface area contributed by atoms with Crippen molar-refractivity contribution >= 4 is 58.3 Å². The van der Waals surface area contributed by atoms with Gasteiger partial charge >= 0.3 is 0 Å². The van der Waals surface area contributed by atoms with Crippen LogP contribution < -0.4 is 0 Å². The first-order valence-electron chi connectivity index (χ1n) is 9.57. The molecule has 158 valence electrons. The van der Waals surface area contributed by atoms with Crippen LogP contribution in [0.15, 0.2) is 82.7 Å².